The SMILES string of the molecule is CC1CCC(CCc2ccc([N+](=O)[O-])cc2)(C(=O)O)CC1. The molecule has 1 aromatic rings. The zero-order valence-electron chi connectivity index (χ0n) is 12.2. The summed E-state index contributed by atoms with van der Waals surface area (Å²) in [5.74, 6) is -0.0897. The molecule has 5 heteroatoms. The first-order valence-corrected chi connectivity index (χ1v) is 7.40. The van der Waals surface area contributed by atoms with Gasteiger partial charge in [-0.25, -0.2) is 0 Å². The molecule has 0 unspecified atom stereocenters. The Labute approximate surface area is 124 Å². The number of hydrogen-bond donors (Lipinski definition) is 1. The van der Waals surface area contributed by atoms with E-state index >= 15 is 0 Å². The van der Waals surface area contributed by atoms with Crippen molar-refractivity contribution in [2.24, 2.45) is 11.3 Å². The van der Waals surface area contributed by atoms with Gasteiger partial charge in [0.1, 0.15) is 0 Å². The maximum absolute atomic E-state index is 11.7. The summed E-state index contributed by atoms with van der Waals surface area (Å²) in [5, 5.41) is 20.2. The van der Waals surface area contributed by atoms with Crippen LogP contribution in [0.1, 0.15) is 44.6 Å². The Morgan fingerprint density at radius 2 is 1.90 bits per heavy atom. The van der Waals surface area contributed by atoms with Crippen LogP contribution in [0.5, 0.6) is 0 Å². The zero-order valence-corrected chi connectivity index (χ0v) is 12.2. The van der Waals surface area contributed by atoms with E-state index in [1.807, 2.05) is 0 Å². The minimum absolute atomic E-state index is 0.0678. The van der Waals surface area contributed by atoms with Gasteiger partial charge in [-0.15, -0.1) is 0 Å². The molecule has 0 aromatic heterocycles. The normalized spacial score (nSPS) is 25.5. The van der Waals surface area contributed by atoms with Crippen LogP contribution in [0.4, 0.5) is 5.69 Å². The summed E-state index contributed by atoms with van der Waals surface area (Å²) < 4.78 is 0. The molecule has 0 aliphatic heterocycles. The number of nitro benzene ring substituents is 1. The van der Waals surface area contributed by atoms with Gasteiger partial charge < -0.3 is 5.11 Å². The molecule has 0 spiro atoms. The topological polar surface area (TPSA) is 80.4 Å². The van der Waals surface area contributed by atoms with E-state index in [1.165, 1.54) is 12.1 Å². The van der Waals surface area contributed by atoms with Crippen molar-refractivity contribution >= 4 is 11.7 Å². The van der Waals surface area contributed by atoms with Gasteiger partial charge in [0.15, 0.2) is 0 Å². The van der Waals surface area contributed by atoms with Crippen molar-refractivity contribution in [2.45, 2.75) is 45.4 Å². The smallest absolute Gasteiger partial charge is 0.309 e. The number of nitrogens with zero attached hydrogens (tertiary/aromatic N) is 1. The average Bonchev–Trinajstić information content (AvgIpc) is 2.47. The predicted molar refractivity (Wildman–Crippen MR) is 79.1 cm³/mol. The number of aryl methyl sites for hydroxylation is 1. The van der Waals surface area contributed by atoms with Crippen LogP contribution >= 0.6 is 0 Å². The van der Waals surface area contributed by atoms with Gasteiger partial charge in [0.25, 0.3) is 5.69 Å². The van der Waals surface area contributed by atoms with Crippen molar-refractivity contribution in [1.29, 1.82) is 0 Å². The molecule has 0 amide bonds. The van der Waals surface area contributed by atoms with Crippen molar-refractivity contribution in [1.82, 2.24) is 0 Å². The Morgan fingerprint density at radius 3 is 2.38 bits per heavy atom. The van der Waals surface area contributed by atoms with Crippen LogP contribution in [0.2, 0.25) is 0 Å². The van der Waals surface area contributed by atoms with Crippen LogP contribution in [0.25, 0.3) is 0 Å². The van der Waals surface area contributed by atoms with Crippen LogP contribution in [0.15, 0.2) is 24.3 Å². The number of nitro groups is 1. The molecule has 1 saturated carbocycles. The first kappa shape index (κ1) is 15.5. The summed E-state index contributed by atoms with van der Waals surface area (Å²) in [5.41, 5.74) is 0.409. The van der Waals surface area contributed by atoms with E-state index in [4.69, 9.17) is 0 Å². The molecule has 0 radical (unpaired) electrons. The summed E-state index contributed by atoms with van der Waals surface area (Å²) >= 11 is 0. The van der Waals surface area contributed by atoms with Crippen molar-refractivity contribution in [3.05, 3.63) is 39.9 Å². The maximum Gasteiger partial charge on any atom is 0.309 e. The third-order valence-electron chi connectivity index (χ3n) is 4.72. The Balaban J connectivity index is 2.02. The van der Waals surface area contributed by atoms with Gasteiger partial charge in [-0.3, -0.25) is 14.9 Å². The third-order valence-corrected chi connectivity index (χ3v) is 4.72. The summed E-state index contributed by atoms with van der Waals surface area (Å²) in [6.07, 6.45) is 4.65. The van der Waals surface area contributed by atoms with E-state index in [1.54, 1.807) is 12.1 Å². The lowest BCUT2D eigenvalue weighted by Gasteiger charge is -2.35. The molecule has 114 valence electrons. The highest BCUT2D eigenvalue weighted by Gasteiger charge is 2.40. The van der Waals surface area contributed by atoms with Crippen molar-refractivity contribution in [2.75, 3.05) is 0 Å². The van der Waals surface area contributed by atoms with Gasteiger partial charge in [-0.2, -0.15) is 0 Å². The molecule has 0 bridgehead atoms. The number of aliphatic carboxylic acids is 1. The second kappa shape index (κ2) is 6.24. The largest absolute Gasteiger partial charge is 0.481 e. The van der Waals surface area contributed by atoms with Crippen LogP contribution in [-0.4, -0.2) is 16.0 Å². The minimum Gasteiger partial charge on any atom is -0.481 e. The van der Waals surface area contributed by atoms with Crippen LogP contribution in [0, 0.1) is 21.4 Å². The Hall–Kier alpha value is -1.91. The van der Waals surface area contributed by atoms with E-state index in [-0.39, 0.29) is 5.69 Å². The summed E-state index contributed by atoms with van der Waals surface area (Å²) in [6, 6.07) is 6.40. The molecule has 2 rings (SSSR count). The number of non-ortho nitro benzene ring substituents is 1. The van der Waals surface area contributed by atoms with Crippen molar-refractivity contribution < 1.29 is 14.8 Å². The fourth-order valence-corrected chi connectivity index (χ4v) is 3.05. The minimum atomic E-state index is -0.698. The molecule has 0 heterocycles. The van der Waals surface area contributed by atoms with Gasteiger partial charge in [-0.1, -0.05) is 19.1 Å². The number of carboxylic acid groups (broad SMARTS) is 1. The van der Waals surface area contributed by atoms with Gasteiger partial charge >= 0.3 is 5.97 Å². The van der Waals surface area contributed by atoms with E-state index in [0.717, 1.165) is 31.2 Å². The zero-order chi connectivity index (χ0) is 15.5. The molecular formula is C16H21NO4. The first-order valence-electron chi connectivity index (χ1n) is 7.40. The quantitative estimate of drug-likeness (QED) is 0.660. The average molecular weight is 291 g/mol. The molecule has 1 aliphatic rings. The van der Waals surface area contributed by atoms with Gasteiger partial charge in [0.2, 0.25) is 0 Å². The van der Waals surface area contributed by atoms with E-state index in [9.17, 15) is 20.0 Å². The molecule has 1 aromatic carbocycles. The number of carbonyl (C=O) groups is 1. The van der Waals surface area contributed by atoms with Crippen molar-refractivity contribution in [3.63, 3.8) is 0 Å². The standard InChI is InChI=1S/C16H21NO4/c1-12-6-9-16(10-7-12,15(18)19)11-8-13-2-4-14(5-3-13)17(20)21/h2-5,12H,6-11H2,1H3,(H,18,19). The highest BCUT2D eigenvalue weighted by molar-refractivity contribution is 5.74. The fourth-order valence-electron chi connectivity index (χ4n) is 3.05. The lowest BCUT2D eigenvalue weighted by atomic mass is 9.68. The Kier molecular flexibility index (Phi) is 4.60. The van der Waals surface area contributed by atoms with Gasteiger partial charge in [-0.05, 0) is 50.0 Å². The van der Waals surface area contributed by atoms with Crippen LogP contribution in [0.3, 0.4) is 0 Å². The molecule has 0 atom stereocenters. The number of hydrogen-bond acceptors (Lipinski definition) is 3. The molecule has 1 aliphatic carbocycles. The summed E-state index contributed by atoms with van der Waals surface area (Å²) in [4.78, 5) is 21.8. The molecule has 1 fully saturated rings. The summed E-state index contributed by atoms with van der Waals surface area (Å²) in [6.45, 7) is 2.17. The Morgan fingerprint density at radius 1 is 1.33 bits per heavy atom. The van der Waals surface area contributed by atoms with Crippen molar-refractivity contribution in [3.8, 4) is 0 Å². The predicted octanol–water partition coefficient (Wildman–Crippen LogP) is 3.81. The Bertz CT molecular complexity index is 516. The molecule has 1 N–H and O–H groups in total. The molecular weight excluding hydrogens is 270 g/mol. The number of rotatable bonds is 5. The van der Waals surface area contributed by atoms with E-state index in [0.29, 0.717) is 18.8 Å². The van der Waals surface area contributed by atoms with Crippen LogP contribution in [-0.2, 0) is 11.2 Å². The lowest BCUT2D eigenvalue weighted by Crippen LogP contribution is -2.35. The fraction of sp³-hybridized carbons (Fsp3) is 0.562. The maximum atomic E-state index is 11.7. The highest BCUT2D eigenvalue weighted by Crippen LogP contribution is 2.42. The van der Waals surface area contributed by atoms with Gasteiger partial charge in [0.05, 0.1) is 10.3 Å². The van der Waals surface area contributed by atoms with Crippen LogP contribution < -0.4 is 0 Å². The molecule has 5 nitrogen and oxygen atoms in total. The first-order chi connectivity index (χ1) is 9.93. The van der Waals surface area contributed by atoms with E-state index < -0.39 is 16.3 Å². The number of carboxylic acids is 1. The molecule has 0 saturated heterocycles. The van der Waals surface area contributed by atoms with Gasteiger partial charge in [0, 0.05) is 12.1 Å². The van der Waals surface area contributed by atoms with E-state index in [2.05, 4.69) is 6.92 Å². The lowest BCUT2D eigenvalue weighted by molar-refractivity contribution is -0.384. The summed E-state index contributed by atoms with van der Waals surface area (Å²) in [7, 11) is 0. The highest BCUT2D eigenvalue weighted by atomic mass is 16.6. The third kappa shape index (κ3) is 3.60. The number of benzene rings is 1. The molecule has 21 heavy (non-hydrogen) atoms. The monoisotopic (exact) mass is 291 g/mol. The second-order valence-corrected chi connectivity index (χ2v) is 6.19. The second-order valence-electron chi connectivity index (χ2n) is 6.19.